The molecule has 3 heterocycles. The third-order valence-corrected chi connectivity index (χ3v) is 13.7. The van der Waals surface area contributed by atoms with Crippen molar-refractivity contribution in [3.63, 3.8) is 0 Å². The predicted octanol–water partition coefficient (Wildman–Crippen LogP) is 7.21. The Hall–Kier alpha value is -4.74. The Morgan fingerprint density at radius 3 is 2.39 bits per heavy atom. The monoisotopic (exact) mass is 887 g/mol. The van der Waals surface area contributed by atoms with Gasteiger partial charge in [0, 0.05) is 62.0 Å². The van der Waals surface area contributed by atoms with E-state index in [1.54, 1.807) is 18.0 Å². The molecule has 2 aromatic rings. The number of primary amides is 1. The van der Waals surface area contributed by atoms with Crippen molar-refractivity contribution in [3.8, 4) is 11.6 Å². The molecule has 3 aliphatic rings. The van der Waals surface area contributed by atoms with Crippen molar-refractivity contribution in [1.82, 2.24) is 19.9 Å². The van der Waals surface area contributed by atoms with Crippen molar-refractivity contribution < 1.29 is 54.9 Å². The molecule has 1 saturated carbocycles. The van der Waals surface area contributed by atoms with Crippen molar-refractivity contribution in [2.24, 2.45) is 17.6 Å². The number of allylic oxidation sites excluding steroid dienone is 2. The second-order valence-electron chi connectivity index (χ2n) is 17.0. The van der Waals surface area contributed by atoms with Crippen LogP contribution in [-0.2, 0) is 29.1 Å². The minimum absolute atomic E-state index is 0. The van der Waals surface area contributed by atoms with Gasteiger partial charge in [0.2, 0.25) is 33.6 Å². The number of carbonyl (C=O) groups is 4. The first kappa shape index (κ1) is 50.6. The van der Waals surface area contributed by atoms with Crippen LogP contribution in [0.4, 0.5) is 19.3 Å². The van der Waals surface area contributed by atoms with Gasteiger partial charge < -0.3 is 35.1 Å². The number of aromatic nitrogens is 1. The molecule has 4 N–H and O–H groups in total. The van der Waals surface area contributed by atoms with E-state index in [0.29, 0.717) is 57.6 Å². The minimum Gasteiger partial charge on any atom is -0.489 e. The summed E-state index contributed by atoms with van der Waals surface area (Å²) in [4.78, 5) is 55.1. The molecule has 0 radical (unpaired) electrons. The van der Waals surface area contributed by atoms with Crippen LogP contribution in [0.3, 0.4) is 0 Å². The summed E-state index contributed by atoms with van der Waals surface area (Å²) in [6.07, 6.45) is 10.9. The molecular weight excluding hydrogens is 815 g/mol. The zero-order valence-electron chi connectivity index (χ0n) is 37.3. The average molecular weight is 887 g/mol. The number of halogens is 2. The summed E-state index contributed by atoms with van der Waals surface area (Å²) in [5.41, 5.74) is 4.99. The molecule has 0 bridgehead atoms. The lowest BCUT2D eigenvalue weighted by Gasteiger charge is -2.30. The van der Waals surface area contributed by atoms with E-state index < -0.39 is 50.2 Å². The van der Waals surface area contributed by atoms with Crippen LogP contribution in [0.2, 0.25) is 0 Å². The number of hydrogen-bond donors (Lipinski definition) is 3. The van der Waals surface area contributed by atoms with Gasteiger partial charge in [-0.25, -0.2) is 27.0 Å². The molecule has 348 valence electrons. The maximum Gasteiger partial charge on any atom is 0.407 e. The number of anilines is 1. The van der Waals surface area contributed by atoms with Gasteiger partial charge in [-0.05, 0) is 89.8 Å². The Kier molecular flexibility index (Phi) is 17.7. The topological polar surface area (TPSA) is 200 Å². The number of carbonyl (C=O) groups excluding carboxylic acids is 4. The summed E-state index contributed by atoms with van der Waals surface area (Å²) < 4.78 is 65.8. The number of nitrogens with two attached hydrogens (primary N) is 1. The zero-order chi connectivity index (χ0) is 45.9. The van der Waals surface area contributed by atoms with Crippen LogP contribution in [0.25, 0.3) is 10.8 Å². The number of fused-ring (bicyclic) bond motifs is 3. The molecular formula is C43H72F2N6O9S. The number of amides is 4. The van der Waals surface area contributed by atoms with Gasteiger partial charge >= 0.3 is 6.09 Å². The van der Waals surface area contributed by atoms with Gasteiger partial charge in [-0.2, -0.15) is 0 Å². The number of nitrogens with one attached hydrogen (secondary N) is 2. The molecule has 4 atom stereocenters. The number of hydrogen-bond acceptors (Lipinski definition) is 11. The molecule has 1 aromatic carbocycles. The zero-order valence-corrected chi connectivity index (χ0v) is 38.1. The van der Waals surface area contributed by atoms with E-state index >= 15 is 0 Å². The number of rotatable bonds is 15. The highest BCUT2D eigenvalue weighted by Gasteiger charge is 2.50. The molecule has 1 saturated heterocycles. The molecule has 1 aliphatic carbocycles. The summed E-state index contributed by atoms with van der Waals surface area (Å²) >= 11 is 0. The van der Waals surface area contributed by atoms with Gasteiger partial charge in [0.05, 0.1) is 23.5 Å². The summed E-state index contributed by atoms with van der Waals surface area (Å²) in [5.74, 6) is -1.97. The first-order valence-electron chi connectivity index (χ1n) is 20.8. The Morgan fingerprint density at radius 1 is 1.16 bits per heavy atom. The van der Waals surface area contributed by atoms with Gasteiger partial charge in [0.1, 0.15) is 18.8 Å². The predicted molar refractivity (Wildman–Crippen MR) is 237 cm³/mol. The number of benzene rings is 1. The van der Waals surface area contributed by atoms with E-state index in [-0.39, 0.29) is 22.2 Å². The molecule has 2 aliphatic heterocycles. The van der Waals surface area contributed by atoms with E-state index in [1.807, 2.05) is 36.9 Å². The number of ether oxygens (including phenoxy) is 3. The van der Waals surface area contributed by atoms with Gasteiger partial charge in [0.15, 0.2) is 11.4 Å². The lowest BCUT2D eigenvalue weighted by molar-refractivity contribution is -0.149. The molecule has 4 amide bonds. The Balaban J connectivity index is 0.00000126. The maximum atomic E-state index is 13.4. The summed E-state index contributed by atoms with van der Waals surface area (Å²) in [7, 11) is -0.0246. The van der Waals surface area contributed by atoms with E-state index in [9.17, 15) is 36.4 Å². The van der Waals surface area contributed by atoms with Crippen molar-refractivity contribution in [3.05, 3.63) is 36.5 Å². The standard InChI is InChI=1S/C30H42N4O4.C7H13F2NO2.C6H11NO3S.3H2/c1-5-7-8-9-20(3)16-21(6-2)17-27(35)34-19-22(18-26(34)29(31)36)38-30-24-10-11-25-28(23(24)12-13-32-30)37-15-14-33(25)4;1-6(2,7(3,8)9)12-5(11)10-4;1-5(8)7-11(9,10)6(2)3-4-6;;;/h5,7,10-13,20-22,26H,6,8-9,14-19H2,1-4H3,(H2,31,36);1-4H3,(H,10,11);3-4H2,1-2H3,(H,7,8);3*1H/b7-5-;;;;;/t20-,21+,22+,26-;;;;;/m0...../s1. The van der Waals surface area contributed by atoms with Crippen LogP contribution in [0.15, 0.2) is 36.5 Å². The van der Waals surface area contributed by atoms with Crippen molar-refractivity contribution in [1.29, 1.82) is 0 Å². The number of pyridine rings is 1. The summed E-state index contributed by atoms with van der Waals surface area (Å²) in [6.45, 7) is 14.0. The number of likely N-dealkylation sites (N-methyl/N-ethyl adjacent to an activating group) is 1. The molecule has 0 spiro atoms. The number of alkyl carbamates (subject to hydrolysis) is 1. The highest BCUT2D eigenvalue weighted by molar-refractivity contribution is 7.91. The fourth-order valence-electron chi connectivity index (χ4n) is 6.85. The van der Waals surface area contributed by atoms with E-state index in [4.69, 9.17) is 15.2 Å². The van der Waals surface area contributed by atoms with E-state index in [1.165, 1.54) is 14.0 Å². The van der Waals surface area contributed by atoms with E-state index in [2.05, 4.69) is 45.9 Å². The van der Waals surface area contributed by atoms with Crippen molar-refractivity contribution >= 4 is 50.3 Å². The largest absolute Gasteiger partial charge is 0.489 e. The number of nitrogens with zero attached hydrogens (tertiary/aromatic N) is 3. The number of alkyl halides is 2. The normalized spacial score (nSPS) is 19.2. The first-order chi connectivity index (χ1) is 28.4. The summed E-state index contributed by atoms with van der Waals surface area (Å²) in [6, 6.07) is 5.28. The third kappa shape index (κ3) is 13.9. The molecule has 15 nitrogen and oxygen atoms in total. The smallest absolute Gasteiger partial charge is 0.407 e. The van der Waals surface area contributed by atoms with Gasteiger partial charge in [-0.1, -0.05) is 32.4 Å². The Morgan fingerprint density at radius 2 is 1.84 bits per heavy atom. The Labute approximate surface area is 364 Å². The highest BCUT2D eigenvalue weighted by atomic mass is 32.2. The van der Waals surface area contributed by atoms with E-state index in [0.717, 1.165) is 68.3 Å². The van der Waals surface area contributed by atoms with Gasteiger partial charge in [0.25, 0.3) is 5.92 Å². The minimum atomic E-state index is -3.39. The molecule has 5 rings (SSSR count). The molecule has 1 aromatic heterocycles. The average Bonchev–Trinajstić information content (AvgIpc) is 3.80. The fraction of sp³-hybridized carbons (Fsp3) is 0.651. The SMILES string of the molecule is C/C=C\CC[C@H](C)C[C@@H](CC)CC(=O)N1C[C@H](Oc2nccc3c4c(ccc23)N(C)CCO4)C[C@H]1C(N)=O.CC(=O)NS(=O)(=O)C1(C)CC1.CNC(=O)OC(C)(C)C(C)(F)F.[HH].[HH].[HH]. The number of sulfonamides is 1. The summed E-state index contributed by atoms with van der Waals surface area (Å²) in [5, 5.41) is 3.88. The molecule has 18 heteroatoms. The fourth-order valence-corrected chi connectivity index (χ4v) is 8.11. The Bertz CT molecular complexity index is 2010. The lowest BCUT2D eigenvalue weighted by Crippen LogP contribution is -2.46. The second-order valence-corrected chi connectivity index (χ2v) is 19.1. The van der Waals surface area contributed by atoms with Crippen LogP contribution >= 0.6 is 0 Å². The van der Waals surface area contributed by atoms with Gasteiger partial charge in [-0.15, -0.1) is 0 Å². The highest BCUT2D eigenvalue weighted by Crippen LogP contribution is 2.42. The molecule has 0 unspecified atom stereocenters. The maximum absolute atomic E-state index is 13.4. The van der Waals surface area contributed by atoms with Crippen LogP contribution in [-0.4, -0.2) is 104 Å². The number of likely N-dealkylation sites (tertiary alicyclic amines) is 1. The molecule has 61 heavy (non-hydrogen) atoms. The molecule has 2 fully saturated rings. The lowest BCUT2D eigenvalue weighted by atomic mass is 9.88. The van der Waals surface area contributed by atoms with Crippen LogP contribution in [0.5, 0.6) is 11.6 Å². The van der Waals surface area contributed by atoms with Crippen LogP contribution in [0.1, 0.15) is 111 Å². The van der Waals surface area contributed by atoms with Crippen LogP contribution < -0.4 is 30.1 Å². The third-order valence-electron chi connectivity index (χ3n) is 11.4. The van der Waals surface area contributed by atoms with Crippen molar-refractivity contribution in [2.75, 3.05) is 38.7 Å². The first-order valence-corrected chi connectivity index (χ1v) is 22.3. The van der Waals surface area contributed by atoms with Gasteiger partial charge in [-0.3, -0.25) is 19.1 Å². The van der Waals surface area contributed by atoms with Crippen molar-refractivity contribution in [2.45, 2.75) is 135 Å². The quantitative estimate of drug-likeness (QED) is 0.153. The second kappa shape index (κ2) is 21.4. The van der Waals surface area contributed by atoms with Crippen LogP contribution in [0, 0.1) is 11.8 Å².